The topological polar surface area (TPSA) is 18.5 Å². The molecule has 0 amide bonds. The summed E-state index contributed by atoms with van der Waals surface area (Å²) in [4.78, 5) is 0. The summed E-state index contributed by atoms with van der Waals surface area (Å²) in [6, 6.07) is 0. The summed E-state index contributed by atoms with van der Waals surface area (Å²) in [7, 11) is 0. The highest BCUT2D eigenvalue weighted by Gasteiger charge is 2.68. The van der Waals surface area contributed by atoms with Gasteiger partial charge in [-0.1, -0.05) is 0 Å². The molecule has 8 aliphatic rings. The molecule has 6 atom stereocenters. The summed E-state index contributed by atoms with van der Waals surface area (Å²) in [5, 5.41) is 0. The van der Waals surface area contributed by atoms with Crippen LogP contribution in [-0.2, 0) is 9.47 Å². The van der Waals surface area contributed by atoms with Crippen molar-refractivity contribution >= 4 is 0 Å². The summed E-state index contributed by atoms with van der Waals surface area (Å²) in [5.74, 6) is 9.11. The van der Waals surface area contributed by atoms with Crippen molar-refractivity contribution < 1.29 is 9.47 Å². The smallest absolute Gasteiger partial charge is 0.113 e. The molecule has 0 saturated heterocycles. The lowest BCUT2D eigenvalue weighted by atomic mass is 9.39. The van der Waals surface area contributed by atoms with E-state index in [1.165, 1.54) is 64.2 Å². The SMILES string of the molecule is CC=C(C)OC12CC3CC(CC(C3)C1C1C3CC4CC(C3)CC1(OC(C)=CC)C4)C2. The van der Waals surface area contributed by atoms with Crippen molar-refractivity contribution in [1.29, 1.82) is 0 Å². The molecule has 0 radical (unpaired) electrons. The van der Waals surface area contributed by atoms with Crippen LogP contribution in [0.2, 0.25) is 0 Å². The molecule has 0 aliphatic heterocycles. The highest BCUT2D eigenvalue weighted by Crippen LogP contribution is 2.70. The van der Waals surface area contributed by atoms with Crippen molar-refractivity contribution in [3.63, 3.8) is 0 Å². The molecular weight excluding hydrogens is 368 g/mol. The van der Waals surface area contributed by atoms with Crippen LogP contribution >= 0.6 is 0 Å². The zero-order chi connectivity index (χ0) is 20.7. The number of rotatable bonds is 5. The van der Waals surface area contributed by atoms with E-state index in [0.29, 0.717) is 11.8 Å². The van der Waals surface area contributed by atoms with Gasteiger partial charge in [0.15, 0.2) is 0 Å². The van der Waals surface area contributed by atoms with E-state index in [0.717, 1.165) is 47.0 Å². The molecule has 0 N–H and O–H groups in total. The van der Waals surface area contributed by atoms with Crippen LogP contribution in [0.1, 0.15) is 91.9 Å². The Kier molecular flexibility index (Phi) is 4.47. The maximum absolute atomic E-state index is 7.04. The molecule has 0 heterocycles. The molecule has 0 aromatic carbocycles. The number of fused-ring (bicyclic) bond motifs is 1. The van der Waals surface area contributed by atoms with Gasteiger partial charge >= 0.3 is 0 Å². The fraction of sp³-hybridized carbons (Fsp3) is 0.857. The van der Waals surface area contributed by atoms with Crippen LogP contribution in [0.25, 0.3) is 0 Å². The Labute approximate surface area is 183 Å². The monoisotopic (exact) mass is 410 g/mol. The fourth-order valence-electron chi connectivity index (χ4n) is 10.3. The first kappa shape index (κ1) is 19.7. The van der Waals surface area contributed by atoms with Gasteiger partial charge in [0.25, 0.3) is 0 Å². The van der Waals surface area contributed by atoms with Gasteiger partial charge in [0.05, 0.1) is 11.5 Å². The van der Waals surface area contributed by atoms with E-state index in [1.54, 1.807) is 0 Å². The lowest BCUT2D eigenvalue weighted by Gasteiger charge is -2.69. The van der Waals surface area contributed by atoms with Crippen LogP contribution in [0.5, 0.6) is 0 Å². The second-order valence-corrected chi connectivity index (χ2v) is 12.4. The van der Waals surface area contributed by atoms with Crippen LogP contribution in [0.15, 0.2) is 23.7 Å². The Morgan fingerprint density at radius 1 is 0.600 bits per heavy atom. The van der Waals surface area contributed by atoms with Crippen molar-refractivity contribution in [3.8, 4) is 0 Å². The van der Waals surface area contributed by atoms with Crippen molar-refractivity contribution in [2.24, 2.45) is 47.3 Å². The molecule has 2 nitrogen and oxygen atoms in total. The van der Waals surface area contributed by atoms with Gasteiger partial charge in [0, 0.05) is 11.8 Å². The zero-order valence-electron chi connectivity index (χ0n) is 19.7. The maximum Gasteiger partial charge on any atom is 0.113 e. The second-order valence-electron chi connectivity index (χ2n) is 12.4. The lowest BCUT2D eigenvalue weighted by molar-refractivity contribution is -0.268. The van der Waals surface area contributed by atoms with Crippen LogP contribution < -0.4 is 0 Å². The van der Waals surface area contributed by atoms with Crippen molar-refractivity contribution in [3.05, 3.63) is 23.7 Å². The van der Waals surface area contributed by atoms with Gasteiger partial charge in [-0.05, 0) is 140 Å². The van der Waals surface area contributed by atoms with Crippen molar-refractivity contribution in [2.75, 3.05) is 0 Å². The number of hydrogen-bond acceptors (Lipinski definition) is 2. The molecule has 0 aromatic rings. The van der Waals surface area contributed by atoms with E-state index in [-0.39, 0.29) is 11.2 Å². The lowest BCUT2D eigenvalue weighted by Crippen LogP contribution is -2.68. The summed E-state index contributed by atoms with van der Waals surface area (Å²) < 4.78 is 14.1. The number of ether oxygens (including phenoxy) is 2. The predicted octanol–water partition coefficient (Wildman–Crippen LogP) is 7.26. The third-order valence-corrected chi connectivity index (χ3v) is 10.6. The van der Waals surface area contributed by atoms with E-state index in [9.17, 15) is 0 Å². The highest BCUT2D eigenvalue weighted by molar-refractivity contribution is 5.19. The van der Waals surface area contributed by atoms with Gasteiger partial charge in [0.1, 0.15) is 11.2 Å². The summed E-state index contributed by atoms with van der Waals surface area (Å²) in [5.41, 5.74) is 0.178. The minimum absolute atomic E-state index is 0.0889. The molecule has 8 rings (SSSR count). The fourth-order valence-corrected chi connectivity index (χ4v) is 10.3. The summed E-state index contributed by atoms with van der Waals surface area (Å²) in [6.45, 7) is 8.69. The van der Waals surface area contributed by atoms with E-state index in [4.69, 9.17) is 9.47 Å². The molecule has 2 heteroatoms. The molecule has 8 bridgehead atoms. The molecule has 0 spiro atoms. The predicted molar refractivity (Wildman–Crippen MR) is 121 cm³/mol. The Morgan fingerprint density at radius 3 is 1.23 bits per heavy atom. The standard InChI is InChI=1S/C28H42O2/c1-5-17(3)29-27-13-19-7-20(14-27)10-23(9-19)25(27)26-24-11-21-8-22(12-24)16-28(26,15-21)30-18(4)6-2/h5-6,19-26H,7-16H2,1-4H3. The molecular formula is C28H42O2. The van der Waals surface area contributed by atoms with E-state index in [2.05, 4.69) is 39.8 Å². The second kappa shape index (κ2) is 6.79. The average Bonchev–Trinajstić information content (AvgIpc) is 2.68. The first-order valence-electron chi connectivity index (χ1n) is 13.1. The van der Waals surface area contributed by atoms with E-state index < -0.39 is 0 Å². The minimum Gasteiger partial charge on any atom is -0.492 e. The van der Waals surface area contributed by atoms with Crippen molar-refractivity contribution in [1.82, 2.24) is 0 Å². The normalized spacial score (nSPS) is 54.0. The zero-order valence-corrected chi connectivity index (χ0v) is 19.7. The number of hydrogen-bond donors (Lipinski definition) is 0. The Balaban J connectivity index is 1.43. The Bertz CT molecular complexity index is 671. The van der Waals surface area contributed by atoms with Crippen LogP contribution in [-0.4, -0.2) is 11.2 Å². The summed E-state index contributed by atoms with van der Waals surface area (Å²) in [6.07, 6.45) is 18.5. The van der Waals surface area contributed by atoms with Gasteiger partial charge in [-0.2, -0.15) is 0 Å². The Morgan fingerprint density at radius 2 is 0.933 bits per heavy atom. The molecule has 8 saturated carbocycles. The van der Waals surface area contributed by atoms with Gasteiger partial charge < -0.3 is 9.47 Å². The Hall–Kier alpha value is -0.920. The molecule has 8 aliphatic carbocycles. The maximum atomic E-state index is 7.04. The first-order valence-corrected chi connectivity index (χ1v) is 13.1. The van der Waals surface area contributed by atoms with Gasteiger partial charge in [-0.3, -0.25) is 0 Å². The van der Waals surface area contributed by atoms with Crippen LogP contribution in [0.4, 0.5) is 0 Å². The van der Waals surface area contributed by atoms with Gasteiger partial charge in [-0.25, -0.2) is 0 Å². The van der Waals surface area contributed by atoms with Crippen molar-refractivity contribution in [2.45, 2.75) is 103 Å². The van der Waals surface area contributed by atoms with E-state index >= 15 is 0 Å². The van der Waals surface area contributed by atoms with Crippen LogP contribution in [0, 0.1) is 47.3 Å². The average molecular weight is 411 g/mol. The van der Waals surface area contributed by atoms with Gasteiger partial charge in [0.2, 0.25) is 0 Å². The third kappa shape index (κ3) is 2.80. The first-order chi connectivity index (χ1) is 14.4. The molecule has 6 unspecified atom stereocenters. The van der Waals surface area contributed by atoms with Gasteiger partial charge in [-0.15, -0.1) is 0 Å². The molecule has 30 heavy (non-hydrogen) atoms. The minimum atomic E-state index is 0.0889. The molecule has 8 fully saturated rings. The third-order valence-electron chi connectivity index (χ3n) is 10.6. The van der Waals surface area contributed by atoms with Crippen LogP contribution in [0.3, 0.4) is 0 Å². The highest BCUT2D eigenvalue weighted by atomic mass is 16.5. The van der Waals surface area contributed by atoms with E-state index in [1.807, 2.05) is 0 Å². The largest absolute Gasteiger partial charge is 0.492 e. The quantitative estimate of drug-likeness (QED) is 0.444. The number of allylic oxidation sites excluding steroid dienone is 4. The molecule has 166 valence electrons. The molecule has 0 aromatic heterocycles. The summed E-state index contributed by atoms with van der Waals surface area (Å²) >= 11 is 0.